The lowest BCUT2D eigenvalue weighted by Crippen LogP contribution is -2.33. The van der Waals surface area contributed by atoms with Crippen LogP contribution in [-0.4, -0.2) is 27.0 Å². The van der Waals surface area contributed by atoms with Gasteiger partial charge in [0.1, 0.15) is 5.82 Å². The van der Waals surface area contributed by atoms with Crippen LogP contribution in [0.2, 0.25) is 5.02 Å². The molecule has 3 aromatic rings. The van der Waals surface area contributed by atoms with Crippen molar-refractivity contribution < 1.29 is 9.18 Å². The summed E-state index contributed by atoms with van der Waals surface area (Å²) < 4.78 is 14.1. The van der Waals surface area contributed by atoms with Crippen LogP contribution in [-0.2, 0) is 6.54 Å². The Hall–Kier alpha value is -2.18. The highest BCUT2D eigenvalue weighted by atomic mass is 35.5. The monoisotopic (exact) mass is 375 g/mol. The van der Waals surface area contributed by atoms with E-state index in [0.29, 0.717) is 16.3 Å². The minimum absolute atomic E-state index is 0.116. The lowest BCUT2D eigenvalue weighted by Gasteiger charge is -2.22. The number of aromatic nitrogens is 2. The zero-order valence-corrected chi connectivity index (χ0v) is 14.8. The van der Waals surface area contributed by atoms with E-state index in [9.17, 15) is 9.18 Å². The van der Waals surface area contributed by atoms with Gasteiger partial charge in [-0.05, 0) is 42.5 Å². The summed E-state index contributed by atoms with van der Waals surface area (Å²) in [6.07, 6.45) is 1.83. The second-order valence-corrected chi connectivity index (χ2v) is 7.36. The van der Waals surface area contributed by atoms with Gasteiger partial charge >= 0.3 is 0 Å². The van der Waals surface area contributed by atoms with E-state index in [-0.39, 0.29) is 18.5 Å². The van der Waals surface area contributed by atoms with Gasteiger partial charge in [-0.25, -0.2) is 4.39 Å². The van der Waals surface area contributed by atoms with Crippen LogP contribution in [0.3, 0.4) is 0 Å². The number of rotatable bonds is 5. The van der Waals surface area contributed by atoms with Crippen molar-refractivity contribution in [1.82, 2.24) is 15.1 Å². The van der Waals surface area contributed by atoms with Crippen LogP contribution in [0.4, 0.5) is 4.39 Å². The molecule has 25 heavy (non-hydrogen) atoms. The number of hydrogen-bond donors (Lipinski definition) is 1. The molecule has 1 fully saturated rings. The molecule has 4 rings (SSSR count). The van der Waals surface area contributed by atoms with Gasteiger partial charge in [0.2, 0.25) is 0 Å². The summed E-state index contributed by atoms with van der Waals surface area (Å²) in [7, 11) is 0. The zero-order valence-electron chi connectivity index (χ0n) is 13.2. The van der Waals surface area contributed by atoms with Crippen molar-refractivity contribution in [3.05, 3.63) is 63.9 Å². The standard InChI is InChI=1S/C18H15ClFN3OS/c19-13-3-1-4-14(20)12(13)10-23(11-6-7-11)18(24)16-9-15(21-22-16)17-5-2-8-25-17/h1-5,8-9,11H,6-7,10H2,(H,21,22). The Bertz CT molecular complexity index is 885. The maximum absolute atomic E-state index is 14.1. The molecule has 0 aliphatic heterocycles. The number of H-pyrrole nitrogens is 1. The Morgan fingerprint density at radius 3 is 2.88 bits per heavy atom. The first-order valence-corrected chi connectivity index (χ1v) is 9.22. The molecule has 0 unspecified atom stereocenters. The van der Waals surface area contributed by atoms with Crippen LogP contribution >= 0.6 is 22.9 Å². The van der Waals surface area contributed by atoms with Crippen LogP contribution in [0.25, 0.3) is 10.6 Å². The molecule has 0 radical (unpaired) electrons. The number of halogens is 2. The number of amides is 1. The summed E-state index contributed by atoms with van der Waals surface area (Å²) in [5.74, 6) is -0.604. The fraction of sp³-hybridized carbons (Fsp3) is 0.222. The minimum atomic E-state index is -0.396. The predicted molar refractivity (Wildman–Crippen MR) is 96.2 cm³/mol. The number of aromatic amines is 1. The highest BCUT2D eigenvalue weighted by Gasteiger charge is 2.35. The molecule has 128 valence electrons. The van der Waals surface area contributed by atoms with Gasteiger partial charge in [0.25, 0.3) is 5.91 Å². The van der Waals surface area contributed by atoms with Crippen LogP contribution in [0.15, 0.2) is 41.8 Å². The number of carbonyl (C=O) groups excluding carboxylic acids is 1. The quantitative estimate of drug-likeness (QED) is 0.700. The van der Waals surface area contributed by atoms with Crippen molar-refractivity contribution in [3.63, 3.8) is 0 Å². The Morgan fingerprint density at radius 1 is 1.36 bits per heavy atom. The third-order valence-corrected chi connectivity index (χ3v) is 5.48. The molecule has 0 spiro atoms. The highest BCUT2D eigenvalue weighted by molar-refractivity contribution is 7.13. The second-order valence-electron chi connectivity index (χ2n) is 6.01. The highest BCUT2D eigenvalue weighted by Crippen LogP contribution is 2.32. The van der Waals surface area contributed by atoms with Crippen molar-refractivity contribution in [2.45, 2.75) is 25.4 Å². The molecule has 0 bridgehead atoms. The van der Waals surface area contributed by atoms with E-state index >= 15 is 0 Å². The molecular formula is C18H15ClFN3OS. The molecule has 2 heterocycles. The fourth-order valence-corrected chi connectivity index (χ4v) is 3.66. The normalized spacial score (nSPS) is 13.8. The zero-order chi connectivity index (χ0) is 17.4. The SMILES string of the molecule is O=C(c1cc(-c2cccs2)[nH]n1)N(Cc1c(F)cccc1Cl)C1CC1. The van der Waals surface area contributed by atoms with Crippen LogP contribution in [0.1, 0.15) is 28.9 Å². The smallest absolute Gasteiger partial charge is 0.274 e. The number of hydrogen-bond acceptors (Lipinski definition) is 3. The summed E-state index contributed by atoms with van der Waals surface area (Å²) in [5, 5.41) is 9.36. The molecule has 1 aliphatic carbocycles. The maximum Gasteiger partial charge on any atom is 0.274 e. The van der Waals surface area contributed by atoms with Crippen molar-refractivity contribution in [2.75, 3.05) is 0 Å². The number of carbonyl (C=O) groups is 1. The van der Waals surface area contributed by atoms with Gasteiger partial charge in [-0.1, -0.05) is 23.7 Å². The van der Waals surface area contributed by atoms with Gasteiger partial charge < -0.3 is 4.90 Å². The summed E-state index contributed by atoms with van der Waals surface area (Å²) in [6.45, 7) is 0.149. The lowest BCUT2D eigenvalue weighted by molar-refractivity contribution is 0.0722. The molecule has 4 nitrogen and oxygen atoms in total. The number of nitrogens with one attached hydrogen (secondary N) is 1. The van der Waals surface area contributed by atoms with Gasteiger partial charge in [-0.15, -0.1) is 11.3 Å². The number of nitrogens with zero attached hydrogens (tertiary/aromatic N) is 2. The molecule has 2 aromatic heterocycles. The van der Waals surface area contributed by atoms with Crippen molar-refractivity contribution in [3.8, 4) is 10.6 Å². The summed E-state index contributed by atoms with van der Waals surface area (Å²) in [5.41, 5.74) is 1.49. The van der Waals surface area contributed by atoms with Gasteiger partial charge in [0.15, 0.2) is 5.69 Å². The molecule has 1 N–H and O–H groups in total. The summed E-state index contributed by atoms with van der Waals surface area (Å²) in [4.78, 5) is 15.6. The summed E-state index contributed by atoms with van der Waals surface area (Å²) in [6, 6.07) is 10.3. The molecule has 7 heteroatoms. The average molecular weight is 376 g/mol. The Balaban J connectivity index is 1.60. The third-order valence-electron chi connectivity index (χ3n) is 4.22. The molecule has 1 aromatic carbocycles. The predicted octanol–water partition coefficient (Wildman–Crippen LogP) is 4.74. The average Bonchev–Trinajstić information content (AvgIpc) is 3.10. The molecule has 1 amide bonds. The van der Waals surface area contributed by atoms with E-state index in [4.69, 9.17) is 11.6 Å². The molecule has 0 atom stereocenters. The van der Waals surface area contributed by atoms with Crippen molar-refractivity contribution in [2.24, 2.45) is 0 Å². The molecule has 0 saturated heterocycles. The van der Waals surface area contributed by atoms with Gasteiger partial charge in [-0.3, -0.25) is 9.89 Å². The van der Waals surface area contributed by atoms with E-state index in [1.165, 1.54) is 6.07 Å². The van der Waals surface area contributed by atoms with E-state index in [0.717, 1.165) is 23.4 Å². The maximum atomic E-state index is 14.1. The Labute approximate surface area is 153 Å². The van der Waals surface area contributed by atoms with Crippen LogP contribution in [0, 0.1) is 5.82 Å². The van der Waals surface area contributed by atoms with Crippen LogP contribution < -0.4 is 0 Å². The van der Waals surface area contributed by atoms with Crippen molar-refractivity contribution in [1.29, 1.82) is 0 Å². The molecule has 1 saturated carbocycles. The van der Waals surface area contributed by atoms with Gasteiger partial charge in [0, 0.05) is 16.6 Å². The first-order chi connectivity index (χ1) is 12.1. The Morgan fingerprint density at radius 2 is 2.20 bits per heavy atom. The van der Waals surface area contributed by atoms with Gasteiger partial charge in [-0.2, -0.15) is 5.10 Å². The Kier molecular flexibility index (Phi) is 4.31. The number of benzene rings is 1. The fourth-order valence-electron chi connectivity index (χ4n) is 2.74. The minimum Gasteiger partial charge on any atom is -0.330 e. The molecular weight excluding hydrogens is 361 g/mol. The van der Waals surface area contributed by atoms with E-state index < -0.39 is 5.82 Å². The lowest BCUT2D eigenvalue weighted by atomic mass is 10.2. The first-order valence-electron chi connectivity index (χ1n) is 7.96. The second kappa shape index (κ2) is 6.61. The molecule has 1 aliphatic rings. The van der Waals surface area contributed by atoms with Gasteiger partial charge in [0.05, 0.1) is 17.1 Å². The van der Waals surface area contributed by atoms with Crippen LogP contribution in [0.5, 0.6) is 0 Å². The van der Waals surface area contributed by atoms with E-state index in [1.54, 1.807) is 34.4 Å². The van der Waals surface area contributed by atoms with Crippen molar-refractivity contribution >= 4 is 28.8 Å². The summed E-state index contributed by atoms with van der Waals surface area (Å²) >= 11 is 7.69. The largest absolute Gasteiger partial charge is 0.330 e. The third kappa shape index (κ3) is 3.32. The topological polar surface area (TPSA) is 49.0 Å². The van der Waals surface area contributed by atoms with E-state index in [2.05, 4.69) is 10.2 Å². The first kappa shape index (κ1) is 16.3. The number of thiophene rings is 1. The van der Waals surface area contributed by atoms with E-state index in [1.807, 2.05) is 17.5 Å².